The molecule has 1 aromatic rings. The first kappa shape index (κ1) is 17.3. The van der Waals surface area contributed by atoms with Crippen LogP contribution in [-0.2, 0) is 4.79 Å². The number of nitrogens with zero attached hydrogens (tertiary/aromatic N) is 1. The summed E-state index contributed by atoms with van der Waals surface area (Å²) in [7, 11) is 0. The lowest BCUT2D eigenvalue weighted by Crippen LogP contribution is -2.50. The maximum absolute atomic E-state index is 12.2. The Labute approximate surface area is 138 Å². The van der Waals surface area contributed by atoms with Crippen LogP contribution in [0.25, 0.3) is 0 Å². The first-order valence-corrected chi connectivity index (χ1v) is 8.34. The quantitative estimate of drug-likeness (QED) is 0.895. The van der Waals surface area contributed by atoms with Crippen molar-refractivity contribution < 1.29 is 9.59 Å². The summed E-state index contributed by atoms with van der Waals surface area (Å²) >= 11 is 0. The first-order valence-electron chi connectivity index (χ1n) is 8.34. The maximum Gasteiger partial charge on any atom is 0.321 e. The maximum atomic E-state index is 12.2. The van der Waals surface area contributed by atoms with Crippen LogP contribution in [0.3, 0.4) is 0 Å². The lowest BCUT2D eigenvalue weighted by atomic mass is 9.88. The van der Waals surface area contributed by atoms with E-state index in [2.05, 4.69) is 10.6 Å². The van der Waals surface area contributed by atoms with Gasteiger partial charge in [0, 0.05) is 30.2 Å². The van der Waals surface area contributed by atoms with Crippen molar-refractivity contribution in [3.8, 4) is 0 Å². The Morgan fingerprint density at radius 1 is 1.17 bits per heavy atom. The molecule has 23 heavy (non-hydrogen) atoms. The summed E-state index contributed by atoms with van der Waals surface area (Å²) in [6.45, 7) is 7.28. The number of likely N-dealkylation sites (tertiary alicyclic amines) is 1. The monoisotopic (exact) mass is 317 g/mol. The fourth-order valence-electron chi connectivity index (χ4n) is 2.49. The van der Waals surface area contributed by atoms with Gasteiger partial charge in [0.15, 0.2) is 0 Å². The molecule has 1 aliphatic heterocycles. The smallest absolute Gasteiger partial charge is 0.321 e. The molecule has 0 bridgehead atoms. The number of hydrogen-bond donors (Lipinski definition) is 2. The number of carbonyl (C=O) groups excluding carboxylic acids is 2. The predicted octanol–water partition coefficient (Wildman–Crippen LogP) is 3.24. The van der Waals surface area contributed by atoms with Gasteiger partial charge in [-0.1, -0.05) is 39.0 Å². The van der Waals surface area contributed by atoms with E-state index >= 15 is 0 Å². The summed E-state index contributed by atoms with van der Waals surface area (Å²) in [6, 6.07) is 9.54. The Hall–Kier alpha value is -2.04. The molecular formula is C18H27N3O2. The highest BCUT2D eigenvalue weighted by molar-refractivity contribution is 5.89. The third kappa shape index (κ3) is 4.71. The molecule has 0 radical (unpaired) electrons. The van der Waals surface area contributed by atoms with Crippen molar-refractivity contribution in [3.05, 3.63) is 30.3 Å². The summed E-state index contributed by atoms with van der Waals surface area (Å²) in [4.78, 5) is 26.3. The van der Waals surface area contributed by atoms with E-state index in [4.69, 9.17) is 0 Å². The van der Waals surface area contributed by atoms with Gasteiger partial charge < -0.3 is 15.5 Å². The Morgan fingerprint density at radius 3 is 2.35 bits per heavy atom. The SMILES string of the molecule is CCC(C)(C)C(=O)NC1CCN(C(=O)Nc2ccccc2)CC1. The lowest BCUT2D eigenvalue weighted by molar-refractivity contribution is -0.130. The van der Waals surface area contributed by atoms with Gasteiger partial charge in [-0.3, -0.25) is 4.79 Å². The normalized spacial score (nSPS) is 16.0. The van der Waals surface area contributed by atoms with Crippen molar-refractivity contribution in [2.45, 2.75) is 46.1 Å². The van der Waals surface area contributed by atoms with Crippen molar-refractivity contribution in [1.82, 2.24) is 10.2 Å². The number of benzene rings is 1. The summed E-state index contributed by atoms with van der Waals surface area (Å²) < 4.78 is 0. The first-order chi connectivity index (χ1) is 10.9. The van der Waals surface area contributed by atoms with Crippen molar-refractivity contribution in [1.29, 1.82) is 0 Å². The van der Waals surface area contributed by atoms with Gasteiger partial charge in [0.2, 0.25) is 5.91 Å². The lowest BCUT2D eigenvalue weighted by Gasteiger charge is -2.34. The molecule has 1 saturated heterocycles. The number of nitrogens with one attached hydrogen (secondary N) is 2. The number of piperidine rings is 1. The van der Waals surface area contributed by atoms with Crippen LogP contribution in [0.4, 0.5) is 10.5 Å². The summed E-state index contributed by atoms with van der Waals surface area (Å²) in [5.74, 6) is 0.104. The van der Waals surface area contributed by atoms with E-state index in [-0.39, 0.29) is 23.4 Å². The van der Waals surface area contributed by atoms with Crippen molar-refractivity contribution in [3.63, 3.8) is 0 Å². The summed E-state index contributed by atoms with van der Waals surface area (Å²) in [6.07, 6.45) is 2.42. The van der Waals surface area contributed by atoms with Gasteiger partial charge in [-0.2, -0.15) is 0 Å². The van der Waals surface area contributed by atoms with Crippen molar-refractivity contribution >= 4 is 17.6 Å². The molecule has 1 aliphatic rings. The Kier molecular flexibility index (Phi) is 5.64. The fourth-order valence-corrected chi connectivity index (χ4v) is 2.49. The number of amides is 3. The van der Waals surface area contributed by atoms with Crippen LogP contribution in [-0.4, -0.2) is 36.0 Å². The van der Waals surface area contributed by atoms with Crippen LogP contribution in [0.2, 0.25) is 0 Å². The van der Waals surface area contributed by atoms with E-state index in [1.807, 2.05) is 51.1 Å². The molecule has 0 saturated carbocycles. The van der Waals surface area contributed by atoms with Crippen LogP contribution < -0.4 is 10.6 Å². The average molecular weight is 317 g/mol. The van der Waals surface area contributed by atoms with E-state index in [1.54, 1.807) is 4.90 Å². The number of para-hydroxylation sites is 1. The minimum absolute atomic E-state index is 0.0742. The molecule has 0 atom stereocenters. The van der Waals surface area contributed by atoms with Gasteiger partial charge >= 0.3 is 6.03 Å². The standard InChI is InChI=1S/C18H27N3O2/c1-4-18(2,3)16(22)19-15-10-12-21(13-11-15)17(23)20-14-8-6-5-7-9-14/h5-9,15H,4,10-13H2,1-3H3,(H,19,22)(H,20,23). The molecular weight excluding hydrogens is 290 g/mol. The molecule has 1 aromatic carbocycles. The van der Waals surface area contributed by atoms with Gasteiger partial charge in [0.25, 0.3) is 0 Å². The molecule has 2 rings (SSSR count). The van der Waals surface area contributed by atoms with Crippen LogP contribution >= 0.6 is 0 Å². The molecule has 3 amide bonds. The number of carbonyl (C=O) groups is 2. The molecule has 2 N–H and O–H groups in total. The number of rotatable bonds is 4. The van der Waals surface area contributed by atoms with Crippen LogP contribution in [0.15, 0.2) is 30.3 Å². The van der Waals surface area contributed by atoms with Crippen LogP contribution in [0, 0.1) is 5.41 Å². The zero-order valence-corrected chi connectivity index (χ0v) is 14.3. The third-order valence-corrected chi connectivity index (χ3v) is 4.64. The van der Waals surface area contributed by atoms with Gasteiger partial charge in [0.05, 0.1) is 0 Å². The van der Waals surface area contributed by atoms with Gasteiger partial charge in [-0.15, -0.1) is 0 Å². The minimum Gasteiger partial charge on any atom is -0.353 e. The highest BCUT2D eigenvalue weighted by Crippen LogP contribution is 2.21. The summed E-state index contributed by atoms with van der Waals surface area (Å²) in [5, 5.41) is 6.02. The zero-order valence-electron chi connectivity index (χ0n) is 14.3. The summed E-state index contributed by atoms with van der Waals surface area (Å²) in [5.41, 5.74) is 0.472. The van der Waals surface area contributed by atoms with Crippen molar-refractivity contribution in [2.75, 3.05) is 18.4 Å². The van der Waals surface area contributed by atoms with Gasteiger partial charge in [-0.05, 0) is 31.4 Å². The molecule has 1 fully saturated rings. The largest absolute Gasteiger partial charge is 0.353 e. The second kappa shape index (κ2) is 7.49. The van der Waals surface area contributed by atoms with Gasteiger partial charge in [0.1, 0.15) is 0 Å². The Morgan fingerprint density at radius 2 is 1.78 bits per heavy atom. The molecule has 5 heteroatoms. The molecule has 126 valence electrons. The second-order valence-corrected chi connectivity index (χ2v) is 6.77. The molecule has 0 aliphatic carbocycles. The third-order valence-electron chi connectivity index (χ3n) is 4.64. The number of hydrogen-bond acceptors (Lipinski definition) is 2. The fraction of sp³-hybridized carbons (Fsp3) is 0.556. The molecule has 0 aromatic heterocycles. The van der Waals surface area contributed by atoms with E-state index in [1.165, 1.54) is 0 Å². The molecule has 5 nitrogen and oxygen atoms in total. The highest BCUT2D eigenvalue weighted by atomic mass is 16.2. The van der Waals surface area contributed by atoms with Crippen molar-refractivity contribution in [2.24, 2.45) is 5.41 Å². The van der Waals surface area contributed by atoms with E-state index in [9.17, 15) is 9.59 Å². The zero-order chi connectivity index (χ0) is 16.9. The Balaban J connectivity index is 1.79. The second-order valence-electron chi connectivity index (χ2n) is 6.77. The average Bonchev–Trinajstić information content (AvgIpc) is 2.56. The van der Waals surface area contributed by atoms with E-state index in [0.717, 1.165) is 24.9 Å². The van der Waals surface area contributed by atoms with Crippen LogP contribution in [0.1, 0.15) is 40.0 Å². The molecule has 1 heterocycles. The van der Waals surface area contributed by atoms with Gasteiger partial charge in [-0.25, -0.2) is 4.79 Å². The predicted molar refractivity (Wildman–Crippen MR) is 92.3 cm³/mol. The Bertz CT molecular complexity index is 534. The molecule has 0 unspecified atom stereocenters. The highest BCUT2D eigenvalue weighted by Gasteiger charge is 2.29. The topological polar surface area (TPSA) is 61.4 Å². The minimum atomic E-state index is -0.332. The van der Waals surface area contributed by atoms with E-state index < -0.39 is 0 Å². The number of anilines is 1. The number of urea groups is 1. The van der Waals surface area contributed by atoms with E-state index in [0.29, 0.717) is 13.1 Å². The molecule has 0 spiro atoms. The van der Waals surface area contributed by atoms with Crippen LogP contribution in [0.5, 0.6) is 0 Å².